The summed E-state index contributed by atoms with van der Waals surface area (Å²) in [5.74, 6) is 0. The largest absolute Gasteiger partial charge is 0.378 e. The number of hydrogen-bond acceptors (Lipinski definition) is 6. The Morgan fingerprint density at radius 2 is 0.882 bits per heavy atom. The molecule has 2 aliphatic heterocycles. The summed E-state index contributed by atoms with van der Waals surface area (Å²) in [6.45, 7) is 26.3. The van der Waals surface area contributed by atoms with Gasteiger partial charge in [-0.25, -0.2) is 0 Å². The van der Waals surface area contributed by atoms with E-state index in [1.807, 2.05) is 6.92 Å². The topological polar surface area (TPSA) is 62.0 Å². The van der Waals surface area contributed by atoms with Crippen LogP contribution >= 0.6 is 0 Å². The zero-order valence-corrected chi connectivity index (χ0v) is 23.7. The summed E-state index contributed by atoms with van der Waals surface area (Å²) in [6, 6.07) is 0. The monoisotopic (exact) mass is 486 g/mol. The van der Waals surface area contributed by atoms with Gasteiger partial charge >= 0.3 is 0 Å². The van der Waals surface area contributed by atoms with Crippen molar-refractivity contribution in [2.75, 3.05) is 52.9 Å². The van der Waals surface area contributed by atoms with E-state index in [4.69, 9.17) is 28.4 Å². The van der Waals surface area contributed by atoms with Crippen molar-refractivity contribution >= 4 is 0 Å². The van der Waals surface area contributed by atoms with E-state index in [9.17, 15) is 0 Å². The Morgan fingerprint density at radius 1 is 0.588 bits per heavy atom. The van der Waals surface area contributed by atoms with Crippen molar-refractivity contribution in [3.8, 4) is 0 Å². The van der Waals surface area contributed by atoms with Gasteiger partial charge in [0.2, 0.25) is 0 Å². The minimum absolute atomic E-state index is 0.0968. The summed E-state index contributed by atoms with van der Waals surface area (Å²) in [7, 11) is 0. The predicted octanol–water partition coefficient (Wildman–Crippen LogP) is 5.86. The van der Waals surface area contributed by atoms with E-state index < -0.39 is 0 Å². The van der Waals surface area contributed by atoms with Gasteiger partial charge in [-0.15, -0.1) is 0 Å². The molecule has 0 spiro atoms. The average molecular weight is 487 g/mol. The highest BCUT2D eigenvalue weighted by molar-refractivity contribution is 4.78. The molecule has 0 radical (unpaired) electrons. The number of hydrogen-bond donors (Lipinski definition) is 0. The maximum atomic E-state index is 6.11. The van der Waals surface area contributed by atoms with E-state index in [0.29, 0.717) is 25.4 Å². The van der Waals surface area contributed by atoms with E-state index >= 15 is 0 Å². The van der Waals surface area contributed by atoms with Gasteiger partial charge in [0.1, 0.15) is 12.2 Å². The lowest BCUT2D eigenvalue weighted by Gasteiger charge is -2.33. The molecule has 202 valence electrons. The van der Waals surface area contributed by atoms with E-state index in [1.165, 1.54) is 0 Å². The molecule has 2 rings (SSSR count). The molecule has 2 fully saturated rings. The normalized spacial score (nSPS) is 22.1. The van der Waals surface area contributed by atoms with Crippen LogP contribution in [-0.4, -0.2) is 71.4 Å². The maximum absolute atomic E-state index is 6.11. The first-order valence-electron chi connectivity index (χ1n) is 13.3. The maximum Gasteiger partial charge on any atom is 0.154 e. The SMILES string of the molecule is CC(OCC(C)(C)CCC(C)(C)COCC1CO1)OCC(C)(C)CCC(C)(C)COCC1CO1. The summed E-state index contributed by atoms with van der Waals surface area (Å²) in [4.78, 5) is 0. The first-order valence-corrected chi connectivity index (χ1v) is 13.3. The molecular weight excluding hydrogens is 432 g/mol. The van der Waals surface area contributed by atoms with Crippen molar-refractivity contribution in [2.24, 2.45) is 21.7 Å². The third kappa shape index (κ3) is 14.4. The Kier molecular flexibility index (Phi) is 11.3. The summed E-state index contributed by atoms with van der Waals surface area (Å²) >= 11 is 0. The van der Waals surface area contributed by atoms with E-state index in [1.54, 1.807) is 0 Å². The quantitative estimate of drug-likeness (QED) is 0.159. The van der Waals surface area contributed by atoms with Crippen LogP contribution in [0.1, 0.15) is 88.0 Å². The Hall–Kier alpha value is -0.240. The molecule has 6 nitrogen and oxygen atoms in total. The van der Waals surface area contributed by atoms with E-state index in [-0.39, 0.29) is 27.9 Å². The minimum Gasteiger partial charge on any atom is -0.378 e. The van der Waals surface area contributed by atoms with Gasteiger partial charge in [-0.1, -0.05) is 55.4 Å². The molecule has 0 aromatic heterocycles. The third-order valence-corrected chi connectivity index (χ3v) is 6.77. The fraction of sp³-hybridized carbons (Fsp3) is 1.00. The smallest absolute Gasteiger partial charge is 0.154 e. The van der Waals surface area contributed by atoms with Crippen molar-refractivity contribution in [2.45, 2.75) is 106 Å². The number of rotatable bonds is 20. The molecule has 2 heterocycles. The first-order chi connectivity index (χ1) is 15.7. The molecule has 34 heavy (non-hydrogen) atoms. The van der Waals surface area contributed by atoms with Crippen molar-refractivity contribution in [1.29, 1.82) is 0 Å². The van der Waals surface area contributed by atoms with Gasteiger partial charge in [0.05, 0.1) is 52.9 Å². The van der Waals surface area contributed by atoms with Crippen LogP contribution < -0.4 is 0 Å². The highest BCUT2D eigenvalue weighted by Crippen LogP contribution is 2.33. The van der Waals surface area contributed by atoms with E-state index in [0.717, 1.165) is 65.3 Å². The fourth-order valence-corrected chi connectivity index (χ4v) is 3.64. The molecule has 2 aliphatic rings. The van der Waals surface area contributed by atoms with Gasteiger partial charge in [-0.2, -0.15) is 0 Å². The molecule has 0 aromatic rings. The molecule has 6 heteroatoms. The zero-order chi connectivity index (χ0) is 25.5. The van der Waals surface area contributed by atoms with Crippen molar-refractivity contribution < 1.29 is 28.4 Å². The number of ether oxygens (including phenoxy) is 6. The Labute approximate surface area is 209 Å². The van der Waals surface area contributed by atoms with Crippen LogP contribution in [0.25, 0.3) is 0 Å². The summed E-state index contributed by atoms with van der Waals surface area (Å²) < 4.78 is 34.3. The fourth-order valence-electron chi connectivity index (χ4n) is 3.64. The molecule has 0 amide bonds. The predicted molar refractivity (Wildman–Crippen MR) is 136 cm³/mol. The van der Waals surface area contributed by atoms with Crippen LogP contribution in [0.2, 0.25) is 0 Å². The van der Waals surface area contributed by atoms with Crippen LogP contribution in [0.5, 0.6) is 0 Å². The highest BCUT2D eigenvalue weighted by atomic mass is 16.7. The van der Waals surface area contributed by atoms with Crippen LogP contribution in [0.4, 0.5) is 0 Å². The average Bonchev–Trinajstić information content (AvgIpc) is 3.64. The van der Waals surface area contributed by atoms with Gasteiger partial charge in [-0.3, -0.25) is 0 Å². The second-order valence-corrected chi connectivity index (χ2v) is 13.8. The third-order valence-electron chi connectivity index (χ3n) is 6.77. The van der Waals surface area contributed by atoms with Crippen LogP contribution in [0.15, 0.2) is 0 Å². The van der Waals surface area contributed by atoms with Crippen molar-refractivity contribution in [3.63, 3.8) is 0 Å². The minimum atomic E-state index is -0.205. The van der Waals surface area contributed by atoms with Crippen LogP contribution in [0.3, 0.4) is 0 Å². The Balaban J connectivity index is 1.58. The lowest BCUT2D eigenvalue weighted by atomic mass is 9.80. The molecule has 0 saturated carbocycles. The standard InChI is InChI=1S/C28H54O6/c1-22(33-20-27(6,7)12-10-25(2,3)18-29-14-23-16-31-23)34-21-28(8,9)13-11-26(4,5)19-30-15-24-17-32-24/h22-24H,10-21H2,1-9H3. The molecule has 2 saturated heterocycles. The van der Waals surface area contributed by atoms with Gasteiger partial charge in [-0.05, 0) is 54.3 Å². The molecule has 0 aromatic carbocycles. The zero-order valence-electron chi connectivity index (χ0n) is 23.7. The second kappa shape index (κ2) is 12.8. The van der Waals surface area contributed by atoms with Crippen LogP contribution in [-0.2, 0) is 28.4 Å². The lowest BCUT2D eigenvalue weighted by Crippen LogP contribution is -2.30. The van der Waals surface area contributed by atoms with Gasteiger partial charge < -0.3 is 28.4 Å². The lowest BCUT2D eigenvalue weighted by molar-refractivity contribution is -0.164. The first kappa shape index (κ1) is 30.0. The Morgan fingerprint density at radius 3 is 1.18 bits per heavy atom. The van der Waals surface area contributed by atoms with Crippen molar-refractivity contribution in [3.05, 3.63) is 0 Å². The highest BCUT2D eigenvalue weighted by Gasteiger charge is 2.30. The van der Waals surface area contributed by atoms with E-state index in [2.05, 4.69) is 55.4 Å². The van der Waals surface area contributed by atoms with Crippen LogP contribution in [0, 0.1) is 21.7 Å². The summed E-state index contributed by atoms with van der Waals surface area (Å²) in [5, 5.41) is 0. The molecule has 2 unspecified atom stereocenters. The van der Waals surface area contributed by atoms with Gasteiger partial charge in [0.25, 0.3) is 0 Å². The number of epoxide rings is 2. The second-order valence-electron chi connectivity index (χ2n) is 13.8. The molecule has 0 bridgehead atoms. The van der Waals surface area contributed by atoms with Gasteiger partial charge in [0, 0.05) is 0 Å². The molecule has 0 N–H and O–H groups in total. The molecular formula is C28H54O6. The van der Waals surface area contributed by atoms with Crippen molar-refractivity contribution in [1.82, 2.24) is 0 Å². The molecule has 2 atom stereocenters. The summed E-state index contributed by atoms with van der Waals surface area (Å²) in [6.07, 6.45) is 4.84. The molecule has 0 aliphatic carbocycles. The Bertz CT molecular complexity index is 527. The summed E-state index contributed by atoms with van der Waals surface area (Å²) in [5.41, 5.74) is 0.505. The van der Waals surface area contributed by atoms with Gasteiger partial charge in [0.15, 0.2) is 6.29 Å².